The minimum atomic E-state index is -4.43. The summed E-state index contributed by atoms with van der Waals surface area (Å²) in [7, 11) is 0. The number of hydrogen-bond donors (Lipinski definition) is 2. The zero-order chi connectivity index (χ0) is 22.9. The van der Waals surface area contributed by atoms with E-state index in [1.54, 1.807) is 47.2 Å². The number of alkyl halides is 3. The molecule has 0 unspecified atom stereocenters. The average Bonchev–Trinajstić information content (AvgIpc) is 3.58. The molecule has 2 aromatic heterocycles. The Morgan fingerprint density at radius 1 is 1.12 bits per heavy atom. The van der Waals surface area contributed by atoms with Crippen LogP contribution in [0.4, 0.5) is 18.9 Å². The van der Waals surface area contributed by atoms with E-state index in [1.807, 2.05) is 6.92 Å². The van der Waals surface area contributed by atoms with Gasteiger partial charge in [-0.15, -0.1) is 0 Å². The maximum absolute atomic E-state index is 12.7. The number of amides is 1. The van der Waals surface area contributed by atoms with E-state index in [9.17, 15) is 18.0 Å². The summed E-state index contributed by atoms with van der Waals surface area (Å²) in [5, 5.41) is 10.9. The minimum absolute atomic E-state index is 0.325. The predicted molar refractivity (Wildman–Crippen MR) is 116 cm³/mol. The number of halogens is 3. The summed E-state index contributed by atoms with van der Waals surface area (Å²) in [6.45, 7) is 1.94. The summed E-state index contributed by atoms with van der Waals surface area (Å²) in [6, 6.07) is 12.0. The molecule has 1 aliphatic rings. The third-order valence-corrected chi connectivity index (χ3v) is 5.22. The molecule has 4 rings (SSSR count). The molecule has 0 bridgehead atoms. The minimum Gasteiger partial charge on any atom is -0.321 e. The van der Waals surface area contributed by atoms with Crippen LogP contribution in [0.3, 0.4) is 0 Å². The quantitative estimate of drug-likeness (QED) is 0.547. The SMILES string of the molecule is C/C(=C\C1CC1)n1cc(NC(=O)c2ccc(-c3ccc(C(F)(F)F)cn3)cc2)ccc1=N. The standard InChI is InChI=1S/C24H21F3N4O/c1-15(12-16-2-3-16)31-14-20(9-11-22(31)28)30-23(32)18-6-4-17(5-7-18)21-10-8-19(13-29-21)24(25,26)27/h4-14,16,28H,2-3H2,1H3,(H,30,32)/b15-12+,28-22?. The lowest BCUT2D eigenvalue weighted by Gasteiger charge is -2.11. The Hall–Kier alpha value is -3.68. The second kappa shape index (κ2) is 8.45. The molecule has 1 aromatic carbocycles. The number of anilines is 1. The van der Waals surface area contributed by atoms with Crippen molar-refractivity contribution >= 4 is 17.3 Å². The van der Waals surface area contributed by atoms with Gasteiger partial charge in [-0.3, -0.25) is 15.2 Å². The molecular formula is C24H21F3N4O. The molecule has 8 heteroatoms. The molecule has 1 fully saturated rings. The Morgan fingerprint density at radius 2 is 1.84 bits per heavy atom. The van der Waals surface area contributed by atoms with Gasteiger partial charge in [-0.1, -0.05) is 18.2 Å². The Kier molecular flexibility index (Phi) is 5.69. The second-order valence-corrected chi connectivity index (χ2v) is 7.78. The summed E-state index contributed by atoms with van der Waals surface area (Å²) in [6.07, 6.45) is 2.54. The molecule has 0 atom stereocenters. The van der Waals surface area contributed by atoms with Gasteiger partial charge in [-0.05, 0) is 62.1 Å². The number of rotatable bonds is 5. The Morgan fingerprint density at radius 3 is 2.44 bits per heavy atom. The molecule has 2 N–H and O–H groups in total. The molecular weight excluding hydrogens is 417 g/mol. The molecule has 0 radical (unpaired) electrons. The first kappa shape index (κ1) is 21.5. The van der Waals surface area contributed by atoms with Crippen molar-refractivity contribution in [3.63, 3.8) is 0 Å². The van der Waals surface area contributed by atoms with E-state index in [0.29, 0.717) is 33.9 Å². The largest absolute Gasteiger partial charge is 0.417 e. The van der Waals surface area contributed by atoms with E-state index in [-0.39, 0.29) is 5.91 Å². The van der Waals surface area contributed by atoms with Crippen molar-refractivity contribution in [2.24, 2.45) is 5.92 Å². The molecule has 1 amide bonds. The van der Waals surface area contributed by atoms with Crippen LogP contribution >= 0.6 is 0 Å². The Bertz CT molecular complexity index is 1220. The number of aromatic nitrogens is 2. The van der Waals surface area contributed by atoms with E-state index < -0.39 is 11.7 Å². The zero-order valence-corrected chi connectivity index (χ0v) is 17.3. The van der Waals surface area contributed by atoms with Gasteiger partial charge in [0.25, 0.3) is 5.91 Å². The molecule has 0 saturated heterocycles. The van der Waals surface area contributed by atoms with Crippen LogP contribution in [0, 0.1) is 11.3 Å². The lowest BCUT2D eigenvalue weighted by atomic mass is 10.1. The maximum Gasteiger partial charge on any atom is 0.417 e. The number of carbonyl (C=O) groups excluding carboxylic acids is 1. The predicted octanol–water partition coefficient (Wildman–Crippen LogP) is 5.57. The zero-order valence-electron chi connectivity index (χ0n) is 17.3. The normalized spacial score (nSPS) is 14.3. The van der Waals surface area contributed by atoms with Gasteiger partial charge in [0.15, 0.2) is 0 Å². The second-order valence-electron chi connectivity index (χ2n) is 7.78. The maximum atomic E-state index is 12.7. The molecule has 0 aliphatic heterocycles. The van der Waals surface area contributed by atoms with Crippen LogP contribution in [0.15, 0.2) is 67.0 Å². The smallest absolute Gasteiger partial charge is 0.321 e. The fourth-order valence-corrected chi connectivity index (χ4v) is 3.28. The first-order valence-electron chi connectivity index (χ1n) is 10.1. The first-order chi connectivity index (χ1) is 15.2. The van der Waals surface area contributed by atoms with Gasteiger partial charge in [0, 0.05) is 29.2 Å². The number of allylic oxidation sites excluding steroid dienone is 2. The van der Waals surface area contributed by atoms with Crippen LogP contribution in [0.1, 0.15) is 35.7 Å². The summed E-state index contributed by atoms with van der Waals surface area (Å²) in [5.41, 5.74) is 2.40. The van der Waals surface area contributed by atoms with Crippen LogP contribution in [0.5, 0.6) is 0 Å². The Labute approximate surface area is 182 Å². The van der Waals surface area contributed by atoms with Gasteiger partial charge in [-0.25, -0.2) is 0 Å². The molecule has 1 saturated carbocycles. The van der Waals surface area contributed by atoms with Gasteiger partial charge in [-0.2, -0.15) is 13.2 Å². The average molecular weight is 438 g/mol. The molecule has 1 aliphatic carbocycles. The molecule has 0 spiro atoms. The van der Waals surface area contributed by atoms with Gasteiger partial charge >= 0.3 is 6.18 Å². The van der Waals surface area contributed by atoms with E-state index in [1.165, 1.54) is 18.9 Å². The van der Waals surface area contributed by atoms with Crippen molar-refractivity contribution in [1.29, 1.82) is 5.41 Å². The van der Waals surface area contributed by atoms with E-state index in [4.69, 9.17) is 5.41 Å². The van der Waals surface area contributed by atoms with Gasteiger partial charge in [0.1, 0.15) is 5.49 Å². The van der Waals surface area contributed by atoms with Crippen LogP contribution in [0.2, 0.25) is 0 Å². The molecule has 164 valence electrons. The highest BCUT2D eigenvalue weighted by Crippen LogP contribution is 2.32. The number of hydrogen-bond acceptors (Lipinski definition) is 3. The third kappa shape index (κ3) is 4.96. The van der Waals surface area contributed by atoms with Crippen molar-refractivity contribution < 1.29 is 18.0 Å². The number of nitrogens with zero attached hydrogens (tertiary/aromatic N) is 2. The molecule has 3 aromatic rings. The fourth-order valence-electron chi connectivity index (χ4n) is 3.28. The highest BCUT2D eigenvalue weighted by molar-refractivity contribution is 6.04. The van der Waals surface area contributed by atoms with E-state index in [0.717, 1.165) is 18.0 Å². The van der Waals surface area contributed by atoms with Gasteiger partial charge < -0.3 is 9.88 Å². The van der Waals surface area contributed by atoms with Crippen LogP contribution in [-0.4, -0.2) is 15.5 Å². The molecule has 32 heavy (non-hydrogen) atoms. The highest BCUT2D eigenvalue weighted by atomic mass is 19.4. The van der Waals surface area contributed by atoms with Crippen molar-refractivity contribution in [3.05, 3.63) is 83.6 Å². The summed E-state index contributed by atoms with van der Waals surface area (Å²) >= 11 is 0. The van der Waals surface area contributed by atoms with Crippen molar-refractivity contribution in [3.8, 4) is 11.3 Å². The number of carbonyl (C=O) groups is 1. The number of nitrogens with one attached hydrogen (secondary N) is 2. The number of benzene rings is 1. The molecule has 2 heterocycles. The number of pyridine rings is 2. The van der Waals surface area contributed by atoms with Gasteiger partial charge in [0.2, 0.25) is 0 Å². The summed E-state index contributed by atoms with van der Waals surface area (Å²) in [4.78, 5) is 16.5. The topological polar surface area (TPSA) is 70.8 Å². The van der Waals surface area contributed by atoms with E-state index in [2.05, 4.69) is 16.4 Å². The van der Waals surface area contributed by atoms with E-state index >= 15 is 0 Å². The fraction of sp³-hybridized carbons (Fsp3) is 0.208. The summed E-state index contributed by atoms with van der Waals surface area (Å²) < 4.78 is 39.8. The van der Waals surface area contributed by atoms with Crippen molar-refractivity contribution in [1.82, 2.24) is 9.55 Å². The van der Waals surface area contributed by atoms with Gasteiger partial charge in [0.05, 0.1) is 16.9 Å². The monoisotopic (exact) mass is 438 g/mol. The Balaban J connectivity index is 1.48. The van der Waals surface area contributed by atoms with Crippen LogP contribution in [-0.2, 0) is 6.18 Å². The highest BCUT2D eigenvalue weighted by Gasteiger charge is 2.30. The van der Waals surface area contributed by atoms with Crippen molar-refractivity contribution in [2.45, 2.75) is 25.9 Å². The van der Waals surface area contributed by atoms with Crippen molar-refractivity contribution in [2.75, 3.05) is 5.32 Å². The van der Waals surface area contributed by atoms with Crippen LogP contribution in [0.25, 0.3) is 17.0 Å². The lowest BCUT2D eigenvalue weighted by molar-refractivity contribution is -0.137. The summed E-state index contributed by atoms with van der Waals surface area (Å²) in [5.74, 6) is 0.239. The third-order valence-electron chi connectivity index (χ3n) is 5.22. The molecule has 5 nitrogen and oxygen atoms in total. The lowest BCUT2D eigenvalue weighted by Crippen LogP contribution is -2.19. The first-order valence-corrected chi connectivity index (χ1v) is 10.1. The van der Waals surface area contributed by atoms with Crippen LogP contribution < -0.4 is 10.8 Å².